The van der Waals surface area contributed by atoms with Gasteiger partial charge in [0, 0.05) is 17.7 Å². The minimum Gasteiger partial charge on any atom is -0.488 e. The minimum absolute atomic E-state index is 0.0146. The van der Waals surface area contributed by atoms with E-state index >= 15 is 0 Å². The van der Waals surface area contributed by atoms with Gasteiger partial charge in [-0.2, -0.15) is 5.10 Å². The molecule has 2 aliphatic heterocycles. The van der Waals surface area contributed by atoms with Crippen LogP contribution in [0.4, 0.5) is 0 Å². The summed E-state index contributed by atoms with van der Waals surface area (Å²) in [6, 6.07) is 7.92. The number of hydrogen-bond donors (Lipinski definition) is 1. The van der Waals surface area contributed by atoms with Crippen molar-refractivity contribution in [1.82, 2.24) is 20.0 Å². The van der Waals surface area contributed by atoms with Crippen molar-refractivity contribution in [3.05, 3.63) is 36.0 Å². The largest absolute Gasteiger partial charge is 0.488 e. The Morgan fingerprint density at radius 3 is 2.81 bits per heavy atom. The number of ether oxygens (including phenoxy) is 1. The van der Waals surface area contributed by atoms with E-state index in [1.807, 2.05) is 24.3 Å². The second-order valence-corrected chi connectivity index (χ2v) is 7.42. The van der Waals surface area contributed by atoms with Crippen LogP contribution in [0.1, 0.15) is 37.7 Å². The molecule has 1 amide bonds. The van der Waals surface area contributed by atoms with Crippen molar-refractivity contribution >= 4 is 5.91 Å². The molecule has 0 radical (unpaired) electrons. The van der Waals surface area contributed by atoms with Crippen molar-refractivity contribution in [2.45, 2.75) is 45.3 Å². The van der Waals surface area contributed by atoms with Gasteiger partial charge >= 0.3 is 0 Å². The predicted molar refractivity (Wildman–Crippen MR) is 105 cm³/mol. The predicted octanol–water partition coefficient (Wildman–Crippen LogP) is 2.82. The highest BCUT2D eigenvalue weighted by atomic mass is 16.5. The molecule has 0 saturated carbocycles. The van der Waals surface area contributed by atoms with Crippen LogP contribution in [-0.2, 0) is 17.9 Å². The highest BCUT2D eigenvalue weighted by Crippen LogP contribution is 2.36. The molecular formula is C21H28N4O2. The molecule has 1 N–H and O–H groups in total. The normalized spacial score (nSPS) is 16.7. The summed E-state index contributed by atoms with van der Waals surface area (Å²) in [7, 11) is 0. The number of aromatic nitrogens is 2. The molecule has 2 aromatic rings. The molecule has 144 valence electrons. The fraction of sp³-hybridized carbons (Fsp3) is 0.524. The number of nitrogens with zero attached hydrogens (tertiary/aromatic N) is 3. The summed E-state index contributed by atoms with van der Waals surface area (Å²) < 4.78 is 7.55. The number of fused-ring (bicyclic) bond motifs is 3. The van der Waals surface area contributed by atoms with E-state index in [4.69, 9.17) is 4.74 Å². The Bertz CT molecular complexity index is 778. The van der Waals surface area contributed by atoms with Crippen molar-refractivity contribution in [3.63, 3.8) is 0 Å². The van der Waals surface area contributed by atoms with E-state index in [2.05, 4.69) is 15.3 Å². The molecule has 0 aliphatic carbocycles. The zero-order valence-electron chi connectivity index (χ0n) is 15.8. The van der Waals surface area contributed by atoms with Gasteiger partial charge in [0.05, 0.1) is 11.9 Å². The molecule has 0 bridgehead atoms. The third-order valence-corrected chi connectivity index (χ3v) is 5.41. The molecule has 1 saturated heterocycles. The number of hydrogen-bond acceptors (Lipinski definition) is 4. The lowest BCUT2D eigenvalue weighted by atomic mass is 10.0. The molecule has 0 atom stereocenters. The second-order valence-electron chi connectivity index (χ2n) is 7.42. The summed E-state index contributed by atoms with van der Waals surface area (Å²) in [6.07, 6.45) is 8.13. The van der Waals surface area contributed by atoms with Crippen LogP contribution in [0.2, 0.25) is 0 Å². The maximum absolute atomic E-state index is 12.4. The quantitative estimate of drug-likeness (QED) is 0.797. The lowest BCUT2D eigenvalue weighted by Crippen LogP contribution is -2.32. The molecule has 1 aromatic heterocycles. The van der Waals surface area contributed by atoms with Crippen molar-refractivity contribution in [3.8, 4) is 17.0 Å². The fourth-order valence-electron chi connectivity index (χ4n) is 3.99. The van der Waals surface area contributed by atoms with Gasteiger partial charge in [0.25, 0.3) is 0 Å². The number of nitrogens with one attached hydrogen (secondary N) is 1. The van der Waals surface area contributed by atoms with Gasteiger partial charge in [-0.15, -0.1) is 0 Å². The van der Waals surface area contributed by atoms with Gasteiger partial charge in [-0.05, 0) is 51.0 Å². The number of amides is 1. The number of para-hydroxylation sites is 1. The lowest BCUT2D eigenvalue weighted by molar-refractivity contribution is -0.121. The van der Waals surface area contributed by atoms with Gasteiger partial charge in [0.1, 0.15) is 18.9 Å². The zero-order chi connectivity index (χ0) is 18.5. The molecule has 1 fully saturated rings. The van der Waals surface area contributed by atoms with E-state index < -0.39 is 0 Å². The molecule has 4 rings (SSSR count). The van der Waals surface area contributed by atoms with Gasteiger partial charge in [-0.25, -0.2) is 0 Å². The fourth-order valence-corrected chi connectivity index (χ4v) is 3.99. The van der Waals surface area contributed by atoms with E-state index in [0.717, 1.165) is 42.1 Å². The Hall–Kier alpha value is -2.34. The summed E-state index contributed by atoms with van der Waals surface area (Å²) in [6.45, 7) is 4.95. The highest BCUT2D eigenvalue weighted by Gasteiger charge is 2.22. The molecule has 2 aliphatic rings. The molecular weight excluding hydrogens is 340 g/mol. The third-order valence-electron chi connectivity index (χ3n) is 5.41. The molecule has 6 nitrogen and oxygen atoms in total. The minimum atomic E-state index is 0.0146. The number of likely N-dealkylation sites (tertiary alicyclic amines) is 1. The standard InChI is InChI=1S/C21H28N4O2/c26-20(22-10-7-13-24-11-5-1-2-6-12-24)15-25-21-17(14-23-25)16-27-19-9-4-3-8-18(19)21/h3-4,8-9,14H,1-2,5-7,10-13,15-16H2,(H,22,26). The number of carbonyl (C=O) groups excluding carboxylic acids is 1. The number of rotatable bonds is 6. The van der Waals surface area contributed by atoms with Crippen LogP contribution in [0, 0.1) is 0 Å². The lowest BCUT2D eigenvalue weighted by Gasteiger charge is -2.20. The van der Waals surface area contributed by atoms with Gasteiger partial charge in [0.15, 0.2) is 0 Å². The topological polar surface area (TPSA) is 59.4 Å². The average molecular weight is 368 g/mol. The van der Waals surface area contributed by atoms with Crippen LogP contribution in [0.15, 0.2) is 30.5 Å². The van der Waals surface area contributed by atoms with Crippen molar-refractivity contribution < 1.29 is 9.53 Å². The first-order chi connectivity index (χ1) is 13.3. The summed E-state index contributed by atoms with van der Waals surface area (Å²) in [5.74, 6) is 0.866. The number of benzene rings is 1. The van der Waals surface area contributed by atoms with Crippen molar-refractivity contribution in [2.24, 2.45) is 0 Å². The first-order valence-electron chi connectivity index (χ1n) is 10.1. The average Bonchev–Trinajstić information content (AvgIpc) is 2.92. The van der Waals surface area contributed by atoms with Crippen molar-refractivity contribution in [1.29, 1.82) is 0 Å². The first-order valence-corrected chi connectivity index (χ1v) is 10.1. The van der Waals surface area contributed by atoms with E-state index in [0.29, 0.717) is 6.61 Å². The van der Waals surface area contributed by atoms with Crippen molar-refractivity contribution in [2.75, 3.05) is 26.2 Å². The smallest absolute Gasteiger partial charge is 0.241 e. The van der Waals surface area contributed by atoms with Crippen LogP contribution in [0.3, 0.4) is 0 Å². The van der Waals surface area contributed by atoms with E-state index in [-0.39, 0.29) is 12.5 Å². The first kappa shape index (κ1) is 18.0. The van der Waals surface area contributed by atoms with Gasteiger partial charge in [0.2, 0.25) is 5.91 Å². The number of carbonyl (C=O) groups is 1. The van der Waals surface area contributed by atoms with Crippen LogP contribution in [0.25, 0.3) is 11.3 Å². The molecule has 3 heterocycles. The molecule has 0 spiro atoms. The zero-order valence-corrected chi connectivity index (χ0v) is 15.8. The Kier molecular flexibility index (Phi) is 5.72. The highest BCUT2D eigenvalue weighted by molar-refractivity contribution is 5.78. The SMILES string of the molecule is O=C(Cn1ncc2c1-c1ccccc1OC2)NCCCN1CCCCCC1. The molecule has 1 aromatic carbocycles. The third kappa shape index (κ3) is 4.33. The Morgan fingerprint density at radius 1 is 1.15 bits per heavy atom. The summed E-state index contributed by atoms with van der Waals surface area (Å²) in [5, 5.41) is 7.47. The monoisotopic (exact) mass is 368 g/mol. The van der Waals surface area contributed by atoms with E-state index in [1.54, 1.807) is 10.9 Å². The van der Waals surface area contributed by atoms with Gasteiger partial charge < -0.3 is 15.0 Å². The summed E-state index contributed by atoms with van der Waals surface area (Å²) in [5.41, 5.74) is 3.03. The Morgan fingerprint density at radius 2 is 1.96 bits per heavy atom. The van der Waals surface area contributed by atoms with Crippen LogP contribution >= 0.6 is 0 Å². The van der Waals surface area contributed by atoms with Crippen LogP contribution in [0.5, 0.6) is 5.75 Å². The van der Waals surface area contributed by atoms with Crippen LogP contribution in [-0.4, -0.2) is 46.8 Å². The Balaban J connectivity index is 1.29. The maximum Gasteiger partial charge on any atom is 0.241 e. The van der Waals surface area contributed by atoms with E-state index in [9.17, 15) is 4.79 Å². The van der Waals surface area contributed by atoms with Gasteiger partial charge in [-0.1, -0.05) is 25.0 Å². The second kappa shape index (κ2) is 8.57. The molecule has 0 unspecified atom stereocenters. The summed E-state index contributed by atoms with van der Waals surface area (Å²) >= 11 is 0. The maximum atomic E-state index is 12.4. The van der Waals surface area contributed by atoms with Gasteiger partial charge in [-0.3, -0.25) is 9.48 Å². The molecule has 6 heteroatoms. The Labute approximate surface area is 160 Å². The van der Waals surface area contributed by atoms with Crippen LogP contribution < -0.4 is 10.1 Å². The van der Waals surface area contributed by atoms with E-state index in [1.165, 1.54) is 38.8 Å². The molecule has 27 heavy (non-hydrogen) atoms. The summed E-state index contributed by atoms with van der Waals surface area (Å²) in [4.78, 5) is 14.9.